The number of aryl methyl sites for hydroxylation is 1. The monoisotopic (exact) mass is 349 g/mol. The van der Waals surface area contributed by atoms with E-state index in [1.807, 2.05) is 17.7 Å². The Morgan fingerprint density at radius 1 is 1.50 bits per heavy atom. The van der Waals surface area contributed by atoms with Gasteiger partial charge in [-0.05, 0) is 13.0 Å². The van der Waals surface area contributed by atoms with Crippen LogP contribution >= 0.6 is 11.3 Å². The molecule has 3 rings (SSSR count). The molecule has 2 aromatic heterocycles. The van der Waals surface area contributed by atoms with Crippen molar-refractivity contribution in [2.75, 3.05) is 26.8 Å². The highest BCUT2D eigenvalue weighted by atomic mass is 32.1. The van der Waals surface area contributed by atoms with E-state index in [2.05, 4.69) is 25.7 Å². The lowest BCUT2D eigenvalue weighted by atomic mass is 10.1. The Kier molecular flexibility index (Phi) is 5.60. The second-order valence-corrected chi connectivity index (χ2v) is 7.08. The Balaban J connectivity index is 1.71. The first-order valence-corrected chi connectivity index (χ1v) is 8.94. The van der Waals surface area contributed by atoms with E-state index in [1.165, 1.54) is 0 Å². The summed E-state index contributed by atoms with van der Waals surface area (Å²) >= 11 is 1.66. The quantitative estimate of drug-likeness (QED) is 0.789. The van der Waals surface area contributed by atoms with E-state index >= 15 is 0 Å². The lowest BCUT2D eigenvalue weighted by molar-refractivity contribution is -0.126. The van der Waals surface area contributed by atoms with Crippen LogP contribution in [0.1, 0.15) is 16.4 Å². The number of fused-ring (bicyclic) bond motifs is 1. The number of thiazole rings is 1. The molecule has 0 saturated carbocycles. The van der Waals surface area contributed by atoms with Gasteiger partial charge in [-0.15, -0.1) is 11.3 Å². The van der Waals surface area contributed by atoms with E-state index in [0.29, 0.717) is 26.2 Å². The molecule has 2 aromatic rings. The molecule has 0 aromatic carbocycles. The third-order valence-corrected chi connectivity index (χ3v) is 4.91. The number of aromatic nitrogens is 3. The van der Waals surface area contributed by atoms with Crippen LogP contribution in [0.4, 0.5) is 0 Å². The van der Waals surface area contributed by atoms with Crippen LogP contribution in [-0.4, -0.2) is 52.4 Å². The Morgan fingerprint density at radius 3 is 3.12 bits per heavy atom. The largest absolute Gasteiger partial charge is 0.383 e. The maximum Gasteiger partial charge on any atom is 0.226 e. The molecule has 0 unspecified atom stereocenters. The summed E-state index contributed by atoms with van der Waals surface area (Å²) < 4.78 is 6.94. The number of ether oxygens (including phenoxy) is 1. The van der Waals surface area contributed by atoms with Gasteiger partial charge in [0.25, 0.3) is 0 Å². The van der Waals surface area contributed by atoms with Gasteiger partial charge in [-0.25, -0.2) is 4.98 Å². The molecular formula is C16H23N5O2S. The number of hydrogen-bond acceptors (Lipinski definition) is 6. The van der Waals surface area contributed by atoms with E-state index in [1.54, 1.807) is 24.6 Å². The van der Waals surface area contributed by atoms with E-state index in [4.69, 9.17) is 4.74 Å². The molecule has 0 saturated heterocycles. The van der Waals surface area contributed by atoms with Gasteiger partial charge < -0.3 is 10.1 Å². The lowest BCUT2D eigenvalue weighted by Gasteiger charge is -2.22. The van der Waals surface area contributed by atoms with Gasteiger partial charge in [0.15, 0.2) is 0 Å². The topological polar surface area (TPSA) is 72.3 Å². The van der Waals surface area contributed by atoms with Crippen LogP contribution in [0.15, 0.2) is 17.6 Å². The highest BCUT2D eigenvalue weighted by Gasteiger charge is 2.27. The first-order valence-electron chi connectivity index (χ1n) is 8.06. The van der Waals surface area contributed by atoms with Crippen LogP contribution < -0.4 is 5.32 Å². The number of nitrogens with zero attached hydrogens (tertiary/aromatic N) is 4. The van der Waals surface area contributed by atoms with E-state index in [9.17, 15) is 4.79 Å². The summed E-state index contributed by atoms with van der Waals surface area (Å²) in [6, 6.07) is 2.02. The van der Waals surface area contributed by atoms with Crippen molar-refractivity contribution in [3.63, 3.8) is 0 Å². The van der Waals surface area contributed by atoms with Gasteiger partial charge in [0.05, 0.1) is 35.5 Å². The minimum atomic E-state index is -0.136. The summed E-state index contributed by atoms with van der Waals surface area (Å²) in [5.41, 5.74) is 2.19. The SMILES string of the molecule is COCCNC(=O)[C@H]1CN(Cc2csc(C)n2)Cc2ccnn2C1. The minimum Gasteiger partial charge on any atom is -0.383 e. The van der Waals surface area contributed by atoms with Gasteiger partial charge in [-0.1, -0.05) is 0 Å². The number of hydrogen-bond donors (Lipinski definition) is 1. The van der Waals surface area contributed by atoms with Crippen molar-refractivity contribution < 1.29 is 9.53 Å². The van der Waals surface area contributed by atoms with Crippen molar-refractivity contribution in [3.8, 4) is 0 Å². The zero-order valence-electron chi connectivity index (χ0n) is 14.1. The van der Waals surface area contributed by atoms with Crippen molar-refractivity contribution >= 4 is 17.2 Å². The molecule has 0 aliphatic carbocycles. The first-order chi connectivity index (χ1) is 11.7. The average Bonchev–Trinajstić information content (AvgIpc) is 3.12. The predicted octanol–water partition coefficient (Wildman–Crippen LogP) is 1.04. The Morgan fingerprint density at radius 2 is 2.38 bits per heavy atom. The minimum absolute atomic E-state index is 0.0508. The number of carbonyl (C=O) groups excluding carboxylic acids is 1. The second kappa shape index (κ2) is 7.87. The number of carbonyl (C=O) groups is 1. The molecule has 130 valence electrons. The molecular weight excluding hydrogens is 326 g/mol. The molecule has 1 amide bonds. The molecule has 24 heavy (non-hydrogen) atoms. The number of nitrogens with one attached hydrogen (secondary N) is 1. The Hall–Kier alpha value is -1.77. The van der Waals surface area contributed by atoms with Crippen molar-refractivity contribution in [1.82, 2.24) is 25.0 Å². The molecule has 7 nitrogen and oxygen atoms in total. The number of amides is 1. The maximum absolute atomic E-state index is 12.5. The van der Waals surface area contributed by atoms with E-state index in [-0.39, 0.29) is 11.8 Å². The van der Waals surface area contributed by atoms with Gasteiger partial charge >= 0.3 is 0 Å². The highest BCUT2D eigenvalue weighted by molar-refractivity contribution is 7.09. The number of rotatable bonds is 6. The lowest BCUT2D eigenvalue weighted by Crippen LogP contribution is -2.40. The zero-order valence-corrected chi connectivity index (χ0v) is 14.9. The molecule has 1 aliphatic rings. The van der Waals surface area contributed by atoms with E-state index in [0.717, 1.165) is 29.5 Å². The van der Waals surface area contributed by atoms with Crippen LogP contribution in [0.3, 0.4) is 0 Å². The second-order valence-electron chi connectivity index (χ2n) is 6.01. The van der Waals surface area contributed by atoms with Gasteiger partial charge in [0.2, 0.25) is 5.91 Å². The molecule has 0 bridgehead atoms. The zero-order chi connectivity index (χ0) is 16.9. The van der Waals surface area contributed by atoms with Crippen LogP contribution in [-0.2, 0) is 29.2 Å². The highest BCUT2D eigenvalue weighted by Crippen LogP contribution is 2.19. The van der Waals surface area contributed by atoms with Gasteiger partial charge in [0, 0.05) is 44.9 Å². The molecule has 0 fully saturated rings. The standard InChI is InChI=1S/C16H23N5O2S/c1-12-19-14(11-24-12)9-20-7-13(16(22)17-5-6-23-2)8-21-15(10-20)3-4-18-21/h3-4,11,13H,5-10H2,1-2H3,(H,17,22)/t13-/m0/s1. The molecule has 1 atom stereocenters. The first kappa shape index (κ1) is 17.1. The normalized spacial score (nSPS) is 18.2. The Bertz CT molecular complexity index is 684. The van der Waals surface area contributed by atoms with Crippen molar-refractivity contribution in [3.05, 3.63) is 34.0 Å². The molecule has 8 heteroatoms. The summed E-state index contributed by atoms with van der Waals surface area (Å²) in [5.74, 6) is -0.0856. The fourth-order valence-electron chi connectivity index (χ4n) is 2.95. The fraction of sp³-hybridized carbons (Fsp3) is 0.562. The molecule has 1 N–H and O–H groups in total. The predicted molar refractivity (Wildman–Crippen MR) is 91.6 cm³/mol. The summed E-state index contributed by atoms with van der Waals surface area (Å²) in [6.07, 6.45) is 1.80. The smallest absolute Gasteiger partial charge is 0.226 e. The summed E-state index contributed by atoms with van der Waals surface area (Å²) in [5, 5.41) is 10.5. The summed E-state index contributed by atoms with van der Waals surface area (Å²) in [4.78, 5) is 19.3. The van der Waals surface area contributed by atoms with E-state index < -0.39 is 0 Å². The van der Waals surface area contributed by atoms with Crippen LogP contribution in [0.5, 0.6) is 0 Å². The fourth-order valence-corrected chi connectivity index (χ4v) is 3.55. The molecule has 0 radical (unpaired) electrons. The molecule has 0 spiro atoms. The van der Waals surface area contributed by atoms with Crippen molar-refractivity contribution in [2.24, 2.45) is 5.92 Å². The van der Waals surface area contributed by atoms with Gasteiger partial charge in [0.1, 0.15) is 0 Å². The summed E-state index contributed by atoms with van der Waals surface area (Å²) in [7, 11) is 1.63. The molecule has 1 aliphatic heterocycles. The molecule has 3 heterocycles. The third-order valence-electron chi connectivity index (χ3n) is 4.09. The summed E-state index contributed by atoms with van der Waals surface area (Å²) in [6.45, 7) is 5.89. The third kappa shape index (κ3) is 4.19. The Labute approximate surface area is 145 Å². The number of methoxy groups -OCH3 is 1. The average molecular weight is 349 g/mol. The van der Waals surface area contributed by atoms with Crippen LogP contribution in [0.25, 0.3) is 0 Å². The van der Waals surface area contributed by atoms with Crippen molar-refractivity contribution in [1.29, 1.82) is 0 Å². The van der Waals surface area contributed by atoms with Gasteiger partial charge in [-0.2, -0.15) is 5.10 Å². The van der Waals surface area contributed by atoms with Gasteiger partial charge in [-0.3, -0.25) is 14.4 Å². The maximum atomic E-state index is 12.5. The van der Waals surface area contributed by atoms with Crippen LogP contribution in [0, 0.1) is 12.8 Å². The van der Waals surface area contributed by atoms with Crippen molar-refractivity contribution in [2.45, 2.75) is 26.6 Å². The van der Waals surface area contributed by atoms with Crippen LogP contribution in [0.2, 0.25) is 0 Å².